The summed E-state index contributed by atoms with van der Waals surface area (Å²) in [6, 6.07) is 5.51. The summed E-state index contributed by atoms with van der Waals surface area (Å²) in [5.74, 6) is 5.40. The van der Waals surface area contributed by atoms with Crippen molar-refractivity contribution in [3.63, 3.8) is 0 Å². The van der Waals surface area contributed by atoms with Gasteiger partial charge in [0.25, 0.3) is 5.91 Å². The van der Waals surface area contributed by atoms with E-state index in [1.807, 2.05) is 19.1 Å². The molecule has 3 N–H and O–H groups in total. The quantitative estimate of drug-likeness (QED) is 0.549. The molecule has 0 aromatic heterocycles. The highest BCUT2D eigenvalue weighted by Crippen LogP contribution is 2.18. The largest absolute Gasteiger partial charge is 0.383 e. The van der Waals surface area contributed by atoms with E-state index >= 15 is 0 Å². The zero-order valence-electron chi connectivity index (χ0n) is 12.3. The van der Waals surface area contributed by atoms with Gasteiger partial charge in [0.1, 0.15) is 0 Å². The van der Waals surface area contributed by atoms with Crippen LogP contribution in [0.1, 0.15) is 15.9 Å². The summed E-state index contributed by atoms with van der Waals surface area (Å²) in [6.45, 7) is 3.93. The van der Waals surface area contributed by atoms with E-state index in [9.17, 15) is 4.79 Å². The molecule has 1 aromatic carbocycles. The van der Waals surface area contributed by atoms with Gasteiger partial charge in [-0.15, -0.1) is 0 Å². The van der Waals surface area contributed by atoms with Crippen molar-refractivity contribution >= 4 is 11.6 Å². The van der Waals surface area contributed by atoms with Crippen molar-refractivity contribution in [1.29, 1.82) is 0 Å². The predicted octanol–water partition coefficient (Wildman–Crippen LogP) is 1.02. The van der Waals surface area contributed by atoms with E-state index in [2.05, 4.69) is 5.43 Å². The maximum atomic E-state index is 12.6. The molecule has 1 aromatic rings. The number of ether oxygens (including phenoxy) is 2. The fourth-order valence-corrected chi connectivity index (χ4v) is 1.85. The van der Waals surface area contributed by atoms with E-state index in [0.29, 0.717) is 37.6 Å². The fourth-order valence-electron chi connectivity index (χ4n) is 1.85. The average molecular weight is 281 g/mol. The Labute approximate surface area is 119 Å². The highest BCUT2D eigenvalue weighted by molar-refractivity contribution is 5.99. The molecule has 0 spiro atoms. The van der Waals surface area contributed by atoms with Gasteiger partial charge in [-0.1, -0.05) is 6.07 Å². The van der Waals surface area contributed by atoms with E-state index in [1.165, 1.54) is 0 Å². The Kier molecular flexibility index (Phi) is 7.00. The van der Waals surface area contributed by atoms with E-state index in [1.54, 1.807) is 25.2 Å². The number of nitrogens with zero attached hydrogens (tertiary/aromatic N) is 1. The first-order chi connectivity index (χ1) is 9.63. The second kappa shape index (κ2) is 8.52. The average Bonchev–Trinajstić information content (AvgIpc) is 2.46. The van der Waals surface area contributed by atoms with Gasteiger partial charge in [0.05, 0.1) is 24.5 Å². The molecular formula is C14H23N3O3. The molecule has 0 fully saturated rings. The van der Waals surface area contributed by atoms with Crippen LogP contribution in [0.3, 0.4) is 0 Å². The highest BCUT2D eigenvalue weighted by Gasteiger charge is 2.18. The standard InChI is InChI=1S/C14H23N3O3/c1-11-4-5-12(13(10-11)16-15)14(18)17(6-8-19-2)7-9-20-3/h4-5,10,16H,6-9,15H2,1-3H3. The van der Waals surface area contributed by atoms with Crippen LogP contribution in [0.2, 0.25) is 0 Å². The third-order valence-corrected chi connectivity index (χ3v) is 2.98. The number of amides is 1. The molecule has 0 saturated heterocycles. The molecule has 112 valence electrons. The van der Waals surface area contributed by atoms with Gasteiger partial charge in [0, 0.05) is 27.3 Å². The summed E-state index contributed by atoms with van der Waals surface area (Å²) in [6.07, 6.45) is 0. The van der Waals surface area contributed by atoms with Crippen molar-refractivity contribution in [2.75, 3.05) is 45.9 Å². The smallest absolute Gasteiger partial charge is 0.256 e. The second-order valence-electron chi connectivity index (χ2n) is 4.47. The number of nitrogen functional groups attached to an aromatic ring is 1. The molecule has 20 heavy (non-hydrogen) atoms. The fraction of sp³-hybridized carbons (Fsp3) is 0.500. The number of aryl methyl sites for hydroxylation is 1. The SMILES string of the molecule is COCCN(CCOC)C(=O)c1ccc(C)cc1NN. The number of methoxy groups -OCH3 is 2. The second-order valence-corrected chi connectivity index (χ2v) is 4.47. The van der Waals surface area contributed by atoms with Crippen LogP contribution >= 0.6 is 0 Å². The first-order valence-corrected chi connectivity index (χ1v) is 6.48. The summed E-state index contributed by atoms with van der Waals surface area (Å²) in [5.41, 5.74) is 4.78. The van der Waals surface area contributed by atoms with Crippen molar-refractivity contribution in [3.05, 3.63) is 29.3 Å². The zero-order chi connectivity index (χ0) is 15.0. The van der Waals surface area contributed by atoms with Gasteiger partial charge in [-0.05, 0) is 24.6 Å². The lowest BCUT2D eigenvalue weighted by molar-refractivity contribution is 0.0628. The number of benzene rings is 1. The van der Waals surface area contributed by atoms with Crippen LogP contribution in [-0.4, -0.2) is 51.3 Å². The van der Waals surface area contributed by atoms with Crippen LogP contribution in [0.5, 0.6) is 0 Å². The minimum absolute atomic E-state index is 0.0907. The van der Waals surface area contributed by atoms with Gasteiger partial charge in [-0.3, -0.25) is 10.6 Å². The van der Waals surface area contributed by atoms with Crippen LogP contribution in [0.25, 0.3) is 0 Å². The Morgan fingerprint density at radius 2 is 1.85 bits per heavy atom. The van der Waals surface area contributed by atoms with E-state index < -0.39 is 0 Å². The zero-order valence-corrected chi connectivity index (χ0v) is 12.3. The molecule has 6 nitrogen and oxygen atoms in total. The molecule has 0 heterocycles. The van der Waals surface area contributed by atoms with Crippen LogP contribution < -0.4 is 11.3 Å². The molecule has 1 amide bonds. The Balaban J connectivity index is 2.92. The predicted molar refractivity (Wildman–Crippen MR) is 78.6 cm³/mol. The maximum absolute atomic E-state index is 12.6. The number of hydrogen-bond donors (Lipinski definition) is 2. The van der Waals surface area contributed by atoms with Crippen molar-refractivity contribution in [3.8, 4) is 0 Å². The Morgan fingerprint density at radius 1 is 1.25 bits per heavy atom. The van der Waals surface area contributed by atoms with Gasteiger partial charge in [0.2, 0.25) is 0 Å². The van der Waals surface area contributed by atoms with Crippen LogP contribution in [0.4, 0.5) is 5.69 Å². The lowest BCUT2D eigenvalue weighted by atomic mass is 10.1. The molecule has 0 atom stereocenters. The van der Waals surface area contributed by atoms with Crippen molar-refractivity contribution in [2.45, 2.75) is 6.92 Å². The van der Waals surface area contributed by atoms with Gasteiger partial charge in [-0.25, -0.2) is 0 Å². The number of hydrogen-bond acceptors (Lipinski definition) is 5. The van der Waals surface area contributed by atoms with Gasteiger partial charge in [-0.2, -0.15) is 0 Å². The third-order valence-electron chi connectivity index (χ3n) is 2.98. The Hall–Kier alpha value is -1.63. The van der Waals surface area contributed by atoms with Crippen molar-refractivity contribution in [1.82, 2.24) is 4.90 Å². The maximum Gasteiger partial charge on any atom is 0.256 e. The first-order valence-electron chi connectivity index (χ1n) is 6.48. The number of hydrazine groups is 1. The van der Waals surface area contributed by atoms with Gasteiger partial charge < -0.3 is 19.8 Å². The topological polar surface area (TPSA) is 76.8 Å². The molecule has 0 radical (unpaired) electrons. The number of anilines is 1. The molecular weight excluding hydrogens is 258 g/mol. The van der Waals surface area contributed by atoms with Crippen molar-refractivity contribution in [2.24, 2.45) is 5.84 Å². The number of carbonyl (C=O) groups is 1. The molecule has 1 rings (SSSR count). The molecule has 0 aliphatic heterocycles. The van der Waals surface area contributed by atoms with E-state index in [0.717, 1.165) is 5.56 Å². The molecule has 0 bridgehead atoms. The summed E-state index contributed by atoms with van der Waals surface area (Å²) >= 11 is 0. The summed E-state index contributed by atoms with van der Waals surface area (Å²) in [4.78, 5) is 14.3. The van der Waals surface area contributed by atoms with E-state index in [-0.39, 0.29) is 5.91 Å². The lowest BCUT2D eigenvalue weighted by Gasteiger charge is -2.23. The normalized spacial score (nSPS) is 10.4. The molecule has 0 aliphatic rings. The first kappa shape index (κ1) is 16.4. The van der Waals surface area contributed by atoms with Crippen LogP contribution in [0.15, 0.2) is 18.2 Å². The summed E-state index contributed by atoms with van der Waals surface area (Å²) < 4.78 is 10.1. The highest BCUT2D eigenvalue weighted by atomic mass is 16.5. The molecule has 0 aliphatic carbocycles. The molecule has 0 unspecified atom stereocenters. The van der Waals surface area contributed by atoms with Crippen molar-refractivity contribution < 1.29 is 14.3 Å². The number of nitrogens with two attached hydrogens (primary N) is 1. The minimum Gasteiger partial charge on any atom is -0.383 e. The summed E-state index contributed by atoms with van der Waals surface area (Å²) in [7, 11) is 3.22. The lowest BCUT2D eigenvalue weighted by Crippen LogP contribution is -2.37. The molecule has 0 saturated carbocycles. The third kappa shape index (κ3) is 4.48. The van der Waals surface area contributed by atoms with Crippen LogP contribution in [0, 0.1) is 6.92 Å². The summed E-state index contributed by atoms with van der Waals surface area (Å²) in [5, 5.41) is 0. The van der Waals surface area contributed by atoms with Crippen LogP contribution in [-0.2, 0) is 9.47 Å². The number of nitrogens with one attached hydrogen (secondary N) is 1. The Morgan fingerprint density at radius 3 is 2.35 bits per heavy atom. The number of carbonyl (C=O) groups excluding carboxylic acids is 1. The van der Waals surface area contributed by atoms with Gasteiger partial charge in [0.15, 0.2) is 0 Å². The Bertz CT molecular complexity index is 430. The number of rotatable bonds is 8. The monoisotopic (exact) mass is 281 g/mol. The minimum atomic E-state index is -0.0907. The molecule has 6 heteroatoms. The van der Waals surface area contributed by atoms with E-state index in [4.69, 9.17) is 15.3 Å². The van der Waals surface area contributed by atoms with Gasteiger partial charge >= 0.3 is 0 Å².